The summed E-state index contributed by atoms with van der Waals surface area (Å²) in [4.78, 5) is 0. The Balaban J connectivity index is 2.08. The molecule has 1 aromatic carbocycles. The number of benzene rings is 1. The maximum atomic E-state index is 12.0. The molecule has 0 aliphatic heterocycles. The second-order valence-corrected chi connectivity index (χ2v) is 8.45. The zero-order valence-electron chi connectivity index (χ0n) is 13.8. The van der Waals surface area contributed by atoms with Gasteiger partial charge in [0.25, 0.3) is 0 Å². The molecular formula is C17H27NO3S. The van der Waals surface area contributed by atoms with Gasteiger partial charge in [-0.1, -0.05) is 25.0 Å². The van der Waals surface area contributed by atoms with Gasteiger partial charge in [-0.25, -0.2) is 8.42 Å². The highest BCUT2D eigenvalue weighted by Gasteiger charge is 2.32. The first kappa shape index (κ1) is 17.3. The van der Waals surface area contributed by atoms with Gasteiger partial charge < -0.3 is 10.1 Å². The third-order valence-electron chi connectivity index (χ3n) is 4.33. The van der Waals surface area contributed by atoms with Gasteiger partial charge >= 0.3 is 0 Å². The summed E-state index contributed by atoms with van der Waals surface area (Å²) in [5.74, 6) is 0.890. The number of rotatable bonds is 6. The van der Waals surface area contributed by atoms with Crippen molar-refractivity contribution in [2.45, 2.75) is 57.4 Å². The first-order chi connectivity index (χ1) is 10.4. The maximum absolute atomic E-state index is 12.0. The number of nitrogens with one attached hydrogen (secondary N) is 1. The molecule has 1 fully saturated rings. The van der Waals surface area contributed by atoms with E-state index in [1.54, 1.807) is 0 Å². The van der Waals surface area contributed by atoms with Gasteiger partial charge in [-0.3, -0.25) is 0 Å². The van der Waals surface area contributed by atoms with Crippen molar-refractivity contribution in [3.63, 3.8) is 0 Å². The lowest BCUT2D eigenvalue weighted by Gasteiger charge is -2.31. The van der Waals surface area contributed by atoms with E-state index in [0.29, 0.717) is 13.2 Å². The number of aryl methyl sites for hydroxylation is 1. The predicted octanol–water partition coefficient (Wildman–Crippen LogP) is 2.84. The van der Waals surface area contributed by atoms with Crippen molar-refractivity contribution in [2.24, 2.45) is 0 Å². The van der Waals surface area contributed by atoms with Crippen molar-refractivity contribution in [1.29, 1.82) is 0 Å². The molecule has 1 N–H and O–H groups in total. The first-order valence-electron chi connectivity index (χ1n) is 8.06. The van der Waals surface area contributed by atoms with Gasteiger partial charge in [0, 0.05) is 24.4 Å². The minimum atomic E-state index is -3.00. The third-order valence-corrected chi connectivity index (χ3v) is 5.99. The Bertz CT molecular complexity index is 598. The van der Waals surface area contributed by atoms with Gasteiger partial charge in [-0.2, -0.15) is 0 Å². The monoisotopic (exact) mass is 325 g/mol. The number of sulfone groups is 1. The molecule has 2 atom stereocenters. The van der Waals surface area contributed by atoms with Crippen molar-refractivity contribution in [3.8, 4) is 5.75 Å². The van der Waals surface area contributed by atoms with Crippen LogP contribution in [0.15, 0.2) is 18.2 Å². The fourth-order valence-electron chi connectivity index (χ4n) is 3.18. The summed E-state index contributed by atoms with van der Waals surface area (Å²) in [5, 5.41) is 3.19. The molecule has 0 heterocycles. The molecule has 2 rings (SSSR count). The molecule has 0 amide bonds. The normalized spacial score (nSPS) is 22.5. The van der Waals surface area contributed by atoms with Gasteiger partial charge in [-0.05, 0) is 38.3 Å². The molecule has 0 unspecified atom stereocenters. The summed E-state index contributed by atoms with van der Waals surface area (Å²) in [5.41, 5.74) is 2.25. The molecule has 0 aromatic heterocycles. The molecule has 1 aliphatic carbocycles. The van der Waals surface area contributed by atoms with E-state index in [1.165, 1.54) is 11.8 Å². The zero-order valence-corrected chi connectivity index (χ0v) is 14.6. The Kier molecular flexibility index (Phi) is 5.87. The average Bonchev–Trinajstić information content (AvgIpc) is 2.46. The Morgan fingerprint density at radius 3 is 2.68 bits per heavy atom. The smallest absolute Gasteiger partial charge is 0.151 e. The Labute approximate surface area is 134 Å². The standard InChI is InChI=1S/C17H27NO3S/c1-4-21-16-11-13(2)9-10-14(16)12-18-15-7-5-6-8-17(15)22(3,19)20/h9-11,15,17-18H,4-8,12H2,1-3H3/t15-,17+/m0/s1. The van der Waals surface area contributed by atoms with E-state index in [1.807, 2.05) is 19.9 Å². The highest BCUT2D eigenvalue weighted by Crippen LogP contribution is 2.26. The van der Waals surface area contributed by atoms with E-state index >= 15 is 0 Å². The lowest BCUT2D eigenvalue weighted by atomic mass is 9.94. The minimum Gasteiger partial charge on any atom is -0.494 e. The number of ether oxygens (including phenoxy) is 1. The molecule has 1 aliphatic rings. The molecule has 4 nitrogen and oxygen atoms in total. The Hall–Kier alpha value is -1.07. The molecule has 5 heteroatoms. The van der Waals surface area contributed by atoms with Gasteiger partial charge in [0.1, 0.15) is 5.75 Å². The van der Waals surface area contributed by atoms with Crippen LogP contribution in [0.2, 0.25) is 0 Å². The van der Waals surface area contributed by atoms with E-state index < -0.39 is 9.84 Å². The number of hydrogen-bond acceptors (Lipinski definition) is 4. The van der Waals surface area contributed by atoms with Gasteiger partial charge in [0.2, 0.25) is 0 Å². The van der Waals surface area contributed by atoms with E-state index in [9.17, 15) is 8.42 Å². The summed E-state index contributed by atoms with van der Waals surface area (Å²) in [6, 6.07) is 6.20. The van der Waals surface area contributed by atoms with E-state index in [0.717, 1.165) is 37.0 Å². The lowest BCUT2D eigenvalue weighted by molar-refractivity contribution is 0.330. The maximum Gasteiger partial charge on any atom is 0.151 e. The van der Waals surface area contributed by atoms with E-state index in [-0.39, 0.29) is 11.3 Å². The van der Waals surface area contributed by atoms with E-state index in [2.05, 4.69) is 17.4 Å². The van der Waals surface area contributed by atoms with Crippen LogP contribution < -0.4 is 10.1 Å². The second kappa shape index (κ2) is 7.47. The first-order valence-corrected chi connectivity index (χ1v) is 10.0. The van der Waals surface area contributed by atoms with Crippen LogP contribution >= 0.6 is 0 Å². The molecule has 1 aromatic rings. The van der Waals surface area contributed by atoms with Crippen molar-refractivity contribution >= 4 is 9.84 Å². The van der Waals surface area contributed by atoms with Gasteiger partial charge in [-0.15, -0.1) is 0 Å². The van der Waals surface area contributed by atoms with Crippen molar-refractivity contribution in [3.05, 3.63) is 29.3 Å². The third kappa shape index (κ3) is 4.46. The van der Waals surface area contributed by atoms with Crippen molar-refractivity contribution in [2.75, 3.05) is 12.9 Å². The SMILES string of the molecule is CCOc1cc(C)ccc1CN[C@H]1CCCC[C@H]1S(C)(=O)=O. The largest absolute Gasteiger partial charge is 0.494 e. The van der Waals surface area contributed by atoms with Crippen LogP contribution in [0.3, 0.4) is 0 Å². The molecule has 0 bridgehead atoms. The fourth-order valence-corrected chi connectivity index (χ4v) is 4.61. The summed E-state index contributed by atoms with van der Waals surface area (Å²) in [6.45, 7) is 5.29. The molecule has 1 saturated carbocycles. The van der Waals surface area contributed by atoms with Crippen LogP contribution in [0.1, 0.15) is 43.7 Å². The summed E-state index contributed by atoms with van der Waals surface area (Å²) >= 11 is 0. The van der Waals surface area contributed by atoms with Crippen LogP contribution in [0, 0.1) is 6.92 Å². The van der Waals surface area contributed by atoms with Crippen molar-refractivity contribution < 1.29 is 13.2 Å². The van der Waals surface area contributed by atoms with Crippen molar-refractivity contribution in [1.82, 2.24) is 5.32 Å². The highest BCUT2D eigenvalue weighted by molar-refractivity contribution is 7.91. The molecule has 0 saturated heterocycles. The molecule has 0 spiro atoms. The lowest BCUT2D eigenvalue weighted by Crippen LogP contribution is -2.45. The van der Waals surface area contributed by atoms with Crippen LogP contribution in [-0.4, -0.2) is 32.6 Å². The van der Waals surface area contributed by atoms with Gasteiger partial charge in [0.15, 0.2) is 9.84 Å². The quantitative estimate of drug-likeness (QED) is 0.874. The summed E-state index contributed by atoms with van der Waals surface area (Å²) in [7, 11) is -3.00. The number of hydrogen-bond donors (Lipinski definition) is 1. The van der Waals surface area contributed by atoms with E-state index in [4.69, 9.17) is 4.74 Å². The van der Waals surface area contributed by atoms with Crippen LogP contribution in [0.25, 0.3) is 0 Å². The summed E-state index contributed by atoms with van der Waals surface area (Å²) < 4.78 is 29.6. The van der Waals surface area contributed by atoms with Crippen LogP contribution in [-0.2, 0) is 16.4 Å². The molecular weight excluding hydrogens is 298 g/mol. The van der Waals surface area contributed by atoms with Crippen LogP contribution in [0.4, 0.5) is 0 Å². The van der Waals surface area contributed by atoms with Crippen LogP contribution in [0.5, 0.6) is 5.75 Å². The molecule has 124 valence electrons. The highest BCUT2D eigenvalue weighted by atomic mass is 32.2. The zero-order chi connectivity index (χ0) is 16.2. The molecule has 22 heavy (non-hydrogen) atoms. The average molecular weight is 325 g/mol. The topological polar surface area (TPSA) is 55.4 Å². The fraction of sp³-hybridized carbons (Fsp3) is 0.647. The van der Waals surface area contributed by atoms with Gasteiger partial charge in [0.05, 0.1) is 11.9 Å². The minimum absolute atomic E-state index is 0.0412. The molecule has 0 radical (unpaired) electrons. The predicted molar refractivity (Wildman–Crippen MR) is 90.1 cm³/mol. The summed E-state index contributed by atoms with van der Waals surface area (Å²) in [6.07, 6.45) is 5.14. The Morgan fingerprint density at radius 2 is 2.00 bits per heavy atom. The Morgan fingerprint density at radius 1 is 1.27 bits per heavy atom. The second-order valence-electron chi connectivity index (χ2n) is 6.18.